The molecule has 144 valence electrons. The van der Waals surface area contributed by atoms with E-state index in [2.05, 4.69) is 15.6 Å². The Labute approximate surface area is 163 Å². The number of aromatic amines is 1. The number of carbonyl (C=O) groups excluding carboxylic acids is 2. The molecule has 6 nitrogen and oxygen atoms in total. The third kappa shape index (κ3) is 4.17. The third-order valence-electron chi connectivity index (χ3n) is 5.11. The fourth-order valence-corrected chi connectivity index (χ4v) is 3.57. The lowest BCUT2D eigenvalue weighted by Gasteiger charge is -2.23. The molecule has 2 aromatic carbocycles. The van der Waals surface area contributed by atoms with Crippen molar-refractivity contribution in [3.8, 4) is 0 Å². The van der Waals surface area contributed by atoms with Gasteiger partial charge < -0.3 is 20.5 Å². The Morgan fingerprint density at radius 3 is 2.61 bits per heavy atom. The van der Waals surface area contributed by atoms with E-state index in [1.807, 2.05) is 60.8 Å². The van der Waals surface area contributed by atoms with Crippen molar-refractivity contribution in [2.24, 2.45) is 0 Å². The minimum absolute atomic E-state index is 0.173. The second-order valence-corrected chi connectivity index (χ2v) is 7.15. The van der Waals surface area contributed by atoms with Crippen LogP contribution in [-0.4, -0.2) is 41.0 Å². The molecule has 2 heterocycles. The van der Waals surface area contributed by atoms with Crippen LogP contribution in [0.1, 0.15) is 18.4 Å². The summed E-state index contributed by atoms with van der Waals surface area (Å²) in [5, 5.41) is 6.96. The number of fused-ring (bicyclic) bond motifs is 1. The monoisotopic (exact) mass is 376 g/mol. The molecular formula is C22H24N4O2. The van der Waals surface area contributed by atoms with Gasteiger partial charge in [-0.3, -0.25) is 4.79 Å². The zero-order valence-electron chi connectivity index (χ0n) is 15.7. The molecule has 3 aromatic rings. The summed E-state index contributed by atoms with van der Waals surface area (Å²) in [6, 6.07) is 16.6. The number of carbonyl (C=O) groups is 2. The van der Waals surface area contributed by atoms with Gasteiger partial charge in [-0.2, -0.15) is 0 Å². The lowest BCUT2D eigenvalue weighted by atomic mass is 10.1. The first kappa shape index (κ1) is 18.1. The molecule has 0 spiro atoms. The molecule has 1 aliphatic rings. The van der Waals surface area contributed by atoms with Gasteiger partial charge in [-0.15, -0.1) is 0 Å². The van der Waals surface area contributed by atoms with Gasteiger partial charge in [-0.05, 0) is 42.0 Å². The molecule has 0 aliphatic carbocycles. The quantitative estimate of drug-likeness (QED) is 0.637. The van der Waals surface area contributed by atoms with Crippen LogP contribution in [0, 0.1) is 0 Å². The normalized spacial score (nSPS) is 14.8. The van der Waals surface area contributed by atoms with E-state index in [9.17, 15) is 9.59 Å². The summed E-state index contributed by atoms with van der Waals surface area (Å²) < 4.78 is 0. The fourth-order valence-electron chi connectivity index (χ4n) is 3.57. The second kappa shape index (κ2) is 8.17. The van der Waals surface area contributed by atoms with Crippen molar-refractivity contribution < 1.29 is 9.59 Å². The Kier molecular flexibility index (Phi) is 5.28. The first-order chi connectivity index (χ1) is 13.7. The molecule has 0 saturated carbocycles. The Hall–Kier alpha value is -3.28. The molecule has 1 fully saturated rings. The van der Waals surface area contributed by atoms with Crippen LogP contribution in [0.4, 0.5) is 10.5 Å². The molecule has 1 saturated heterocycles. The Morgan fingerprint density at radius 2 is 1.82 bits per heavy atom. The summed E-state index contributed by atoms with van der Waals surface area (Å²) >= 11 is 0. The maximum Gasteiger partial charge on any atom is 0.318 e. The average Bonchev–Trinajstić information content (AvgIpc) is 3.40. The number of urea groups is 1. The number of aromatic nitrogens is 1. The highest BCUT2D eigenvalue weighted by Crippen LogP contribution is 2.18. The third-order valence-corrected chi connectivity index (χ3v) is 5.11. The molecule has 1 aliphatic heterocycles. The van der Waals surface area contributed by atoms with Crippen LogP contribution in [0.5, 0.6) is 0 Å². The van der Waals surface area contributed by atoms with Crippen molar-refractivity contribution in [3.63, 3.8) is 0 Å². The summed E-state index contributed by atoms with van der Waals surface area (Å²) in [6.07, 6.45) is 4.33. The van der Waals surface area contributed by atoms with E-state index in [0.29, 0.717) is 12.1 Å². The van der Waals surface area contributed by atoms with Gasteiger partial charge >= 0.3 is 6.03 Å². The number of H-pyrrole nitrogens is 1. The fraction of sp³-hybridized carbons (Fsp3) is 0.273. The number of anilines is 1. The van der Waals surface area contributed by atoms with Crippen LogP contribution in [-0.2, 0) is 11.2 Å². The van der Waals surface area contributed by atoms with Crippen LogP contribution in [0.25, 0.3) is 10.9 Å². The van der Waals surface area contributed by atoms with Gasteiger partial charge in [0.1, 0.15) is 6.04 Å². The number of benzene rings is 2. The van der Waals surface area contributed by atoms with Crippen LogP contribution in [0.15, 0.2) is 60.8 Å². The van der Waals surface area contributed by atoms with Crippen LogP contribution in [0.2, 0.25) is 0 Å². The van der Waals surface area contributed by atoms with E-state index in [1.165, 1.54) is 0 Å². The van der Waals surface area contributed by atoms with E-state index in [0.717, 1.165) is 42.4 Å². The first-order valence-electron chi connectivity index (χ1n) is 9.66. The number of rotatable bonds is 5. The Morgan fingerprint density at radius 1 is 1.04 bits per heavy atom. The van der Waals surface area contributed by atoms with Gasteiger partial charge in [-0.25, -0.2) is 4.79 Å². The molecule has 6 heteroatoms. The van der Waals surface area contributed by atoms with E-state index in [-0.39, 0.29) is 11.9 Å². The molecule has 0 radical (unpaired) electrons. The van der Waals surface area contributed by atoms with Crippen molar-refractivity contribution in [1.29, 1.82) is 0 Å². The molecule has 3 N–H and O–H groups in total. The van der Waals surface area contributed by atoms with Gasteiger partial charge in [0.25, 0.3) is 0 Å². The molecule has 1 unspecified atom stereocenters. The van der Waals surface area contributed by atoms with E-state index in [4.69, 9.17) is 0 Å². The zero-order chi connectivity index (χ0) is 19.3. The molecular weight excluding hydrogens is 352 g/mol. The molecule has 3 amide bonds. The van der Waals surface area contributed by atoms with Gasteiger partial charge in [-0.1, -0.05) is 36.4 Å². The maximum atomic E-state index is 13.0. The largest absolute Gasteiger partial charge is 0.361 e. The van der Waals surface area contributed by atoms with E-state index in [1.54, 1.807) is 4.90 Å². The second-order valence-electron chi connectivity index (χ2n) is 7.15. The summed E-state index contributed by atoms with van der Waals surface area (Å²) in [6.45, 7) is 1.49. The lowest BCUT2D eigenvalue weighted by Crippen LogP contribution is -2.49. The lowest BCUT2D eigenvalue weighted by molar-refractivity contribution is -0.118. The highest BCUT2D eigenvalue weighted by Gasteiger charge is 2.25. The number of nitrogens with zero attached hydrogens (tertiary/aromatic N) is 1. The van der Waals surface area contributed by atoms with Crippen molar-refractivity contribution in [2.45, 2.75) is 25.3 Å². The zero-order valence-corrected chi connectivity index (χ0v) is 15.7. The summed E-state index contributed by atoms with van der Waals surface area (Å²) in [5.74, 6) is -0.220. The summed E-state index contributed by atoms with van der Waals surface area (Å²) in [5.41, 5.74) is 2.66. The maximum absolute atomic E-state index is 13.0. The highest BCUT2D eigenvalue weighted by atomic mass is 16.2. The van der Waals surface area contributed by atoms with E-state index < -0.39 is 6.04 Å². The number of nitrogens with one attached hydrogen (secondary N) is 3. The molecule has 28 heavy (non-hydrogen) atoms. The number of hydrogen-bond donors (Lipinski definition) is 3. The standard InChI is InChI=1S/C22H24N4O2/c27-21(24-18-9-8-17-10-11-23-19(17)15-18)20(14-16-6-2-1-3-7-16)25-22(28)26-12-4-5-13-26/h1-3,6-11,15,20,23H,4-5,12-14H2,(H,24,27)(H,25,28). The average molecular weight is 376 g/mol. The number of likely N-dealkylation sites (tertiary alicyclic amines) is 1. The van der Waals surface area contributed by atoms with Gasteiger partial charge in [0, 0.05) is 36.9 Å². The van der Waals surface area contributed by atoms with Gasteiger partial charge in [0.2, 0.25) is 5.91 Å². The van der Waals surface area contributed by atoms with Crippen molar-refractivity contribution in [1.82, 2.24) is 15.2 Å². The predicted molar refractivity (Wildman–Crippen MR) is 110 cm³/mol. The molecule has 0 bridgehead atoms. The van der Waals surface area contributed by atoms with Crippen LogP contribution in [0.3, 0.4) is 0 Å². The minimum Gasteiger partial charge on any atom is -0.361 e. The van der Waals surface area contributed by atoms with Gasteiger partial charge in [0.15, 0.2) is 0 Å². The number of hydrogen-bond acceptors (Lipinski definition) is 2. The van der Waals surface area contributed by atoms with Crippen molar-refractivity contribution in [2.75, 3.05) is 18.4 Å². The SMILES string of the molecule is O=C(Nc1ccc2cc[nH]c2c1)C(Cc1ccccc1)NC(=O)N1CCCC1. The summed E-state index contributed by atoms with van der Waals surface area (Å²) in [4.78, 5) is 30.5. The first-order valence-corrected chi connectivity index (χ1v) is 9.66. The van der Waals surface area contributed by atoms with E-state index >= 15 is 0 Å². The summed E-state index contributed by atoms with van der Waals surface area (Å²) in [7, 11) is 0. The van der Waals surface area contributed by atoms with Crippen LogP contribution < -0.4 is 10.6 Å². The topological polar surface area (TPSA) is 77.2 Å². The van der Waals surface area contributed by atoms with Crippen molar-refractivity contribution >= 4 is 28.5 Å². The molecule has 4 rings (SSSR count). The minimum atomic E-state index is -0.644. The number of amides is 3. The smallest absolute Gasteiger partial charge is 0.318 e. The predicted octanol–water partition coefficient (Wildman–Crippen LogP) is 3.52. The molecule has 1 aromatic heterocycles. The van der Waals surface area contributed by atoms with Gasteiger partial charge in [0.05, 0.1) is 0 Å². The highest BCUT2D eigenvalue weighted by molar-refractivity contribution is 5.98. The molecule has 1 atom stereocenters. The van der Waals surface area contributed by atoms with Crippen molar-refractivity contribution in [3.05, 3.63) is 66.4 Å². The Bertz CT molecular complexity index is 961. The Balaban J connectivity index is 1.50. The van der Waals surface area contributed by atoms with Crippen LogP contribution >= 0.6 is 0 Å².